The molecule has 0 fully saturated rings. The van der Waals surface area contributed by atoms with Crippen molar-refractivity contribution in [2.75, 3.05) is 16.2 Å². The Labute approximate surface area is 134 Å². The summed E-state index contributed by atoms with van der Waals surface area (Å²) in [4.78, 5) is 11.9. The highest BCUT2D eigenvalue weighted by Crippen LogP contribution is 2.19. The number of halogens is 2. The van der Waals surface area contributed by atoms with Gasteiger partial charge in [-0.15, -0.1) is 0 Å². The number of carbonyl (C=O) groups excluding carboxylic acids is 1. The first-order valence-corrected chi connectivity index (χ1v) is 7.59. The lowest BCUT2D eigenvalue weighted by Crippen LogP contribution is -2.35. The summed E-state index contributed by atoms with van der Waals surface area (Å²) in [5.41, 5.74) is 0.578. The Bertz CT molecular complexity index is 718. The minimum atomic E-state index is -2.72. The Morgan fingerprint density at radius 1 is 1.17 bits per heavy atom. The maximum absolute atomic E-state index is 13.5. The lowest BCUT2D eigenvalue weighted by atomic mass is 10.2. The summed E-state index contributed by atoms with van der Waals surface area (Å²) in [5, 5.41) is 2.04. The minimum Gasteiger partial charge on any atom is -0.755 e. The zero-order chi connectivity index (χ0) is 17.0. The van der Waals surface area contributed by atoms with Crippen LogP contribution in [0, 0.1) is 18.6 Å². The fourth-order valence-corrected chi connectivity index (χ4v) is 2.38. The Morgan fingerprint density at radius 2 is 1.74 bits per heavy atom. The molecule has 1 unspecified atom stereocenters. The summed E-state index contributed by atoms with van der Waals surface area (Å²) in [6.07, 6.45) is 0. The molecule has 0 aliphatic rings. The number of hydrogen-bond donors (Lipinski definition) is 1. The number of amides is 1. The highest BCUT2D eigenvalue weighted by atomic mass is 32.2. The molecule has 0 aliphatic heterocycles. The van der Waals surface area contributed by atoms with Crippen LogP contribution in [-0.4, -0.2) is 21.2 Å². The summed E-state index contributed by atoms with van der Waals surface area (Å²) in [7, 11) is 0. The van der Waals surface area contributed by atoms with Crippen LogP contribution in [0.2, 0.25) is 0 Å². The zero-order valence-corrected chi connectivity index (χ0v) is 12.9. The van der Waals surface area contributed by atoms with Crippen molar-refractivity contribution in [3.05, 3.63) is 59.7 Å². The molecule has 0 bridgehead atoms. The van der Waals surface area contributed by atoms with Crippen LogP contribution in [0.15, 0.2) is 42.5 Å². The van der Waals surface area contributed by atoms with E-state index in [1.807, 2.05) is 12.2 Å². The molecule has 0 saturated heterocycles. The van der Waals surface area contributed by atoms with Crippen LogP contribution in [0.25, 0.3) is 0 Å². The number of benzene rings is 2. The standard InChI is InChI=1S/C15H14F2N2O3S/c1-10-5-7-11(8-6-10)19(23(21)22)9-14(20)18-15-12(16)3-2-4-13(15)17/h2-8H,9H2,1H3,(H,18,20)(H,21,22)/p-1. The second-order valence-electron chi connectivity index (χ2n) is 4.73. The van der Waals surface area contributed by atoms with Gasteiger partial charge >= 0.3 is 0 Å². The number of aryl methyl sites for hydroxylation is 1. The second-order valence-corrected chi connectivity index (χ2v) is 5.61. The predicted octanol–water partition coefficient (Wildman–Crippen LogP) is 2.51. The molecule has 0 radical (unpaired) electrons. The van der Waals surface area contributed by atoms with Crippen molar-refractivity contribution in [2.45, 2.75) is 6.92 Å². The number of para-hydroxylation sites is 1. The molecule has 8 heteroatoms. The number of nitrogens with one attached hydrogen (secondary N) is 1. The number of anilines is 2. The molecular formula is C15H13F2N2O3S-. The fourth-order valence-electron chi connectivity index (χ4n) is 1.87. The van der Waals surface area contributed by atoms with Gasteiger partial charge < -0.3 is 9.87 Å². The average Bonchev–Trinajstić information content (AvgIpc) is 2.49. The smallest absolute Gasteiger partial charge is 0.245 e. The van der Waals surface area contributed by atoms with Crippen LogP contribution in [0.3, 0.4) is 0 Å². The number of nitrogens with zero attached hydrogens (tertiary/aromatic N) is 1. The van der Waals surface area contributed by atoms with Gasteiger partial charge in [0.1, 0.15) is 23.9 Å². The van der Waals surface area contributed by atoms with Gasteiger partial charge in [-0.2, -0.15) is 0 Å². The van der Waals surface area contributed by atoms with E-state index in [4.69, 9.17) is 0 Å². The lowest BCUT2D eigenvalue weighted by molar-refractivity contribution is -0.114. The molecule has 0 heterocycles. The number of rotatable bonds is 5. The molecule has 23 heavy (non-hydrogen) atoms. The van der Waals surface area contributed by atoms with Gasteiger partial charge in [-0.25, -0.2) is 8.78 Å². The first-order chi connectivity index (χ1) is 10.9. The van der Waals surface area contributed by atoms with E-state index in [0.29, 0.717) is 0 Å². The second kappa shape index (κ2) is 7.30. The van der Waals surface area contributed by atoms with Crippen LogP contribution >= 0.6 is 0 Å². The molecule has 5 nitrogen and oxygen atoms in total. The molecule has 2 rings (SSSR count). The van der Waals surface area contributed by atoms with E-state index in [1.165, 1.54) is 12.1 Å². The van der Waals surface area contributed by atoms with E-state index in [0.717, 1.165) is 28.1 Å². The number of hydrogen-bond acceptors (Lipinski definition) is 3. The Balaban J connectivity index is 2.16. The Kier molecular flexibility index (Phi) is 5.41. The van der Waals surface area contributed by atoms with Crippen LogP contribution in [0.4, 0.5) is 20.2 Å². The largest absolute Gasteiger partial charge is 0.755 e. The maximum Gasteiger partial charge on any atom is 0.245 e. The van der Waals surface area contributed by atoms with Crippen molar-refractivity contribution >= 4 is 28.5 Å². The third kappa shape index (κ3) is 4.33. The molecule has 0 aliphatic carbocycles. The van der Waals surface area contributed by atoms with Crippen LogP contribution < -0.4 is 9.62 Å². The summed E-state index contributed by atoms with van der Waals surface area (Å²) < 4.78 is 50.4. The van der Waals surface area contributed by atoms with Crippen molar-refractivity contribution in [3.63, 3.8) is 0 Å². The molecule has 122 valence electrons. The van der Waals surface area contributed by atoms with Gasteiger partial charge in [0.2, 0.25) is 5.91 Å². The SMILES string of the molecule is Cc1ccc(N(CC(=O)Nc2c(F)cccc2F)S(=O)[O-])cc1. The van der Waals surface area contributed by atoms with Crippen molar-refractivity contribution in [1.29, 1.82) is 0 Å². The Hall–Kier alpha value is -2.32. The van der Waals surface area contributed by atoms with Crippen LogP contribution in [0.1, 0.15) is 5.56 Å². The van der Waals surface area contributed by atoms with Gasteiger partial charge in [0.15, 0.2) is 0 Å². The zero-order valence-electron chi connectivity index (χ0n) is 12.1. The normalized spacial score (nSPS) is 11.8. The maximum atomic E-state index is 13.5. The summed E-state index contributed by atoms with van der Waals surface area (Å²) in [6.45, 7) is 1.23. The Morgan fingerprint density at radius 3 is 2.26 bits per heavy atom. The van der Waals surface area contributed by atoms with E-state index in [9.17, 15) is 22.3 Å². The highest BCUT2D eigenvalue weighted by molar-refractivity contribution is 7.80. The summed E-state index contributed by atoms with van der Waals surface area (Å²) in [6, 6.07) is 9.56. The topological polar surface area (TPSA) is 72.5 Å². The van der Waals surface area contributed by atoms with Gasteiger partial charge in [0.25, 0.3) is 0 Å². The molecule has 0 spiro atoms. The van der Waals surface area contributed by atoms with E-state index in [1.54, 1.807) is 12.1 Å². The summed E-state index contributed by atoms with van der Waals surface area (Å²) >= 11 is -2.72. The number of carbonyl (C=O) groups is 1. The molecule has 1 N–H and O–H groups in total. The van der Waals surface area contributed by atoms with Crippen molar-refractivity contribution in [2.24, 2.45) is 0 Å². The van der Waals surface area contributed by atoms with Crippen molar-refractivity contribution < 1.29 is 22.3 Å². The molecule has 2 aromatic carbocycles. The predicted molar refractivity (Wildman–Crippen MR) is 82.4 cm³/mol. The van der Waals surface area contributed by atoms with E-state index in [-0.39, 0.29) is 5.69 Å². The average molecular weight is 339 g/mol. The monoisotopic (exact) mass is 339 g/mol. The first-order valence-electron chi connectivity index (χ1n) is 6.56. The highest BCUT2D eigenvalue weighted by Gasteiger charge is 2.16. The van der Waals surface area contributed by atoms with Gasteiger partial charge in [0, 0.05) is 17.0 Å². The van der Waals surface area contributed by atoms with Gasteiger partial charge in [-0.05, 0) is 31.2 Å². The van der Waals surface area contributed by atoms with Crippen molar-refractivity contribution in [1.82, 2.24) is 0 Å². The molecule has 1 atom stereocenters. The van der Waals surface area contributed by atoms with E-state index in [2.05, 4.69) is 0 Å². The minimum absolute atomic E-state index is 0.271. The molecule has 2 aromatic rings. The van der Waals surface area contributed by atoms with Crippen LogP contribution in [0.5, 0.6) is 0 Å². The first kappa shape index (κ1) is 17.0. The fraction of sp³-hybridized carbons (Fsp3) is 0.133. The van der Waals surface area contributed by atoms with E-state index >= 15 is 0 Å². The molecule has 0 aromatic heterocycles. The quantitative estimate of drug-likeness (QED) is 0.851. The van der Waals surface area contributed by atoms with Gasteiger partial charge in [-0.3, -0.25) is 13.3 Å². The van der Waals surface area contributed by atoms with Crippen LogP contribution in [-0.2, 0) is 16.1 Å². The molecule has 0 saturated carbocycles. The molecule has 1 amide bonds. The van der Waals surface area contributed by atoms with Gasteiger partial charge in [-0.1, -0.05) is 23.8 Å². The third-order valence-electron chi connectivity index (χ3n) is 3.02. The molecular weight excluding hydrogens is 326 g/mol. The van der Waals surface area contributed by atoms with Gasteiger partial charge in [0.05, 0.1) is 0 Å². The van der Waals surface area contributed by atoms with Crippen molar-refractivity contribution in [3.8, 4) is 0 Å². The summed E-state index contributed by atoms with van der Waals surface area (Å²) in [5.74, 6) is -2.74. The third-order valence-corrected chi connectivity index (χ3v) is 3.72. The van der Waals surface area contributed by atoms with E-state index < -0.39 is 41.0 Å². The lowest BCUT2D eigenvalue weighted by Gasteiger charge is -2.25.